The zero-order valence-corrected chi connectivity index (χ0v) is 18.2. The van der Waals surface area contributed by atoms with Gasteiger partial charge in [0.25, 0.3) is 0 Å². The maximum atomic E-state index is 13.3. The number of hydrogen-bond acceptors (Lipinski definition) is 9. The standard InChI is InChI=1S/C21H26N8O3/c1-13-9-18(29-12-23-26-27-29)25-24-16(13)10-22-15-3-5-21(6-4-15)7-8-28(20(21)31)17-11-32-19(30)14(17)2/h9,12,15,22H,3-8,10-11H2,1-2H3/t15-,21-. The molecule has 168 valence electrons. The predicted molar refractivity (Wildman–Crippen MR) is 111 cm³/mol. The van der Waals surface area contributed by atoms with Crippen molar-refractivity contribution in [2.75, 3.05) is 13.2 Å². The largest absolute Gasteiger partial charge is 0.456 e. The highest BCUT2D eigenvalue weighted by molar-refractivity contribution is 5.94. The fraction of sp³-hybridized carbons (Fsp3) is 0.571. The van der Waals surface area contributed by atoms with Crippen molar-refractivity contribution < 1.29 is 14.3 Å². The molecule has 1 saturated carbocycles. The maximum absolute atomic E-state index is 13.3. The fourth-order valence-electron chi connectivity index (χ4n) is 4.96. The highest BCUT2D eigenvalue weighted by Gasteiger charge is 2.50. The van der Waals surface area contributed by atoms with Gasteiger partial charge in [0, 0.05) is 19.1 Å². The number of likely N-dealkylation sites (tertiary alicyclic amines) is 1. The molecule has 0 unspecified atom stereocenters. The minimum absolute atomic E-state index is 0.156. The summed E-state index contributed by atoms with van der Waals surface area (Å²) in [7, 11) is 0. The molecule has 0 atom stereocenters. The summed E-state index contributed by atoms with van der Waals surface area (Å²) < 4.78 is 6.58. The lowest BCUT2D eigenvalue weighted by atomic mass is 9.71. The van der Waals surface area contributed by atoms with E-state index in [1.54, 1.807) is 11.8 Å². The van der Waals surface area contributed by atoms with Crippen LogP contribution < -0.4 is 5.32 Å². The lowest BCUT2D eigenvalue weighted by molar-refractivity contribution is -0.138. The van der Waals surface area contributed by atoms with E-state index in [9.17, 15) is 9.59 Å². The molecule has 3 aliphatic rings. The van der Waals surface area contributed by atoms with Gasteiger partial charge in [-0.1, -0.05) is 0 Å². The molecule has 0 aromatic carbocycles. The van der Waals surface area contributed by atoms with Crippen LogP contribution in [0.1, 0.15) is 50.3 Å². The Morgan fingerprint density at radius 1 is 1.19 bits per heavy atom. The first-order valence-electron chi connectivity index (χ1n) is 11.0. The van der Waals surface area contributed by atoms with Crippen molar-refractivity contribution in [2.45, 2.75) is 58.5 Å². The van der Waals surface area contributed by atoms with Crippen LogP contribution in [-0.4, -0.2) is 66.4 Å². The van der Waals surface area contributed by atoms with E-state index in [2.05, 4.69) is 31.0 Å². The zero-order valence-electron chi connectivity index (χ0n) is 18.2. The van der Waals surface area contributed by atoms with E-state index in [0.717, 1.165) is 49.1 Å². The van der Waals surface area contributed by atoms with Crippen molar-refractivity contribution in [1.82, 2.24) is 40.6 Å². The number of tetrazole rings is 1. The minimum atomic E-state index is -0.314. The summed E-state index contributed by atoms with van der Waals surface area (Å²) in [6, 6.07) is 2.25. The number of ether oxygens (including phenoxy) is 1. The summed E-state index contributed by atoms with van der Waals surface area (Å²) in [5.41, 5.74) is 2.91. The van der Waals surface area contributed by atoms with Gasteiger partial charge in [0.15, 0.2) is 5.82 Å². The fourth-order valence-corrected chi connectivity index (χ4v) is 4.96. The summed E-state index contributed by atoms with van der Waals surface area (Å²) in [6.45, 7) is 5.24. The Morgan fingerprint density at radius 3 is 2.66 bits per heavy atom. The minimum Gasteiger partial charge on any atom is -0.456 e. The van der Waals surface area contributed by atoms with Crippen LogP contribution in [0.5, 0.6) is 0 Å². The van der Waals surface area contributed by atoms with Gasteiger partial charge in [0.2, 0.25) is 5.91 Å². The van der Waals surface area contributed by atoms with Crippen LogP contribution in [-0.2, 0) is 20.9 Å². The van der Waals surface area contributed by atoms with E-state index >= 15 is 0 Å². The average Bonchev–Trinajstić information content (AvgIpc) is 3.52. The molecule has 1 amide bonds. The lowest BCUT2D eigenvalue weighted by Crippen LogP contribution is -2.42. The first kappa shape index (κ1) is 20.7. The van der Waals surface area contributed by atoms with Crippen molar-refractivity contribution in [3.05, 3.63) is 34.9 Å². The van der Waals surface area contributed by atoms with Gasteiger partial charge in [-0.2, -0.15) is 9.78 Å². The second-order valence-corrected chi connectivity index (χ2v) is 8.88. The van der Waals surface area contributed by atoms with Crippen molar-refractivity contribution in [1.29, 1.82) is 0 Å². The number of esters is 1. The molecule has 32 heavy (non-hydrogen) atoms. The number of cyclic esters (lactones) is 1. The maximum Gasteiger partial charge on any atom is 0.336 e. The normalized spacial score (nSPS) is 25.8. The number of aromatic nitrogens is 6. The monoisotopic (exact) mass is 438 g/mol. The van der Waals surface area contributed by atoms with Crippen molar-refractivity contribution in [3.63, 3.8) is 0 Å². The van der Waals surface area contributed by atoms with Crippen molar-refractivity contribution >= 4 is 11.9 Å². The Labute approximate surface area is 185 Å². The van der Waals surface area contributed by atoms with Crippen LogP contribution in [0.25, 0.3) is 5.82 Å². The van der Waals surface area contributed by atoms with E-state index < -0.39 is 0 Å². The van der Waals surface area contributed by atoms with Gasteiger partial charge in [-0.05, 0) is 68.0 Å². The molecule has 11 heteroatoms. The topological polar surface area (TPSA) is 128 Å². The molecule has 2 aromatic rings. The molecule has 2 aliphatic heterocycles. The molecule has 1 N–H and O–H groups in total. The average molecular weight is 438 g/mol. The summed E-state index contributed by atoms with van der Waals surface area (Å²) >= 11 is 0. The van der Waals surface area contributed by atoms with Gasteiger partial charge in [-0.3, -0.25) is 4.79 Å². The van der Waals surface area contributed by atoms with Crippen LogP contribution in [0.2, 0.25) is 0 Å². The third kappa shape index (κ3) is 3.56. The van der Waals surface area contributed by atoms with Gasteiger partial charge in [-0.25, -0.2) is 4.79 Å². The molecule has 11 nitrogen and oxygen atoms in total. The van der Waals surface area contributed by atoms with E-state index in [4.69, 9.17) is 4.74 Å². The Hall–Kier alpha value is -3.21. The van der Waals surface area contributed by atoms with Gasteiger partial charge >= 0.3 is 5.97 Å². The van der Waals surface area contributed by atoms with E-state index in [1.807, 2.05) is 13.0 Å². The van der Waals surface area contributed by atoms with Crippen LogP contribution in [0.4, 0.5) is 0 Å². The second kappa shape index (κ2) is 8.05. The van der Waals surface area contributed by atoms with E-state index in [1.165, 1.54) is 11.0 Å². The Kier molecular flexibility index (Phi) is 5.20. The number of hydrogen-bond donors (Lipinski definition) is 1. The Balaban J connectivity index is 1.17. The first-order chi connectivity index (χ1) is 15.5. The SMILES string of the molecule is CC1=C(N2CC[C@]3(CC[C@@H](NCc4nnc(-n5cnnn5)cc4C)CC3)C2=O)COC1=O. The third-order valence-corrected chi connectivity index (χ3v) is 7.08. The summed E-state index contributed by atoms with van der Waals surface area (Å²) in [6.07, 6.45) is 5.89. The molecular formula is C21H26N8O3. The summed E-state index contributed by atoms with van der Waals surface area (Å²) in [5, 5.41) is 23.2. The van der Waals surface area contributed by atoms with Gasteiger partial charge in [0.05, 0.1) is 22.4 Å². The number of nitrogens with one attached hydrogen (secondary N) is 1. The molecule has 2 fully saturated rings. The highest BCUT2D eigenvalue weighted by atomic mass is 16.5. The third-order valence-electron chi connectivity index (χ3n) is 7.08. The summed E-state index contributed by atoms with van der Waals surface area (Å²) in [5.74, 6) is 0.425. The number of nitrogens with zero attached hydrogens (tertiary/aromatic N) is 7. The molecule has 0 radical (unpaired) electrons. The molecule has 2 aromatic heterocycles. The molecule has 4 heterocycles. The molecule has 1 aliphatic carbocycles. The van der Waals surface area contributed by atoms with Crippen LogP contribution in [0.3, 0.4) is 0 Å². The highest BCUT2D eigenvalue weighted by Crippen LogP contribution is 2.46. The number of aryl methyl sites for hydroxylation is 1. The smallest absolute Gasteiger partial charge is 0.336 e. The van der Waals surface area contributed by atoms with Crippen molar-refractivity contribution in [2.24, 2.45) is 5.41 Å². The van der Waals surface area contributed by atoms with Gasteiger partial charge in [-0.15, -0.1) is 10.2 Å². The van der Waals surface area contributed by atoms with Gasteiger partial charge < -0.3 is 15.0 Å². The quantitative estimate of drug-likeness (QED) is 0.675. The number of carbonyl (C=O) groups excluding carboxylic acids is 2. The first-order valence-corrected chi connectivity index (χ1v) is 11.0. The van der Waals surface area contributed by atoms with Crippen molar-refractivity contribution in [3.8, 4) is 5.82 Å². The molecular weight excluding hydrogens is 412 g/mol. The lowest BCUT2D eigenvalue weighted by Gasteiger charge is -2.36. The number of carbonyl (C=O) groups is 2. The molecule has 1 saturated heterocycles. The molecule has 5 rings (SSSR count). The second-order valence-electron chi connectivity index (χ2n) is 8.88. The van der Waals surface area contributed by atoms with E-state index in [0.29, 0.717) is 30.5 Å². The van der Waals surface area contributed by atoms with Crippen LogP contribution in [0.15, 0.2) is 23.7 Å². The Morgan fingerprint density at radius 2 is 2.00 bits per heavy atom. The number of amides is 1. The van der Waals surface area contributed by atoms with Gasteiger partial charge in [0.1, 0.15) is 12.9 Å². The predicted octanol–water partition coefficient (Wildman–Crippen LogP) is 0.842. The molecule has 1 spiro atoms. The van der Waals surface area contributed by atoms with E-state index in [-0.39, 0.29) is 23.9 Å². The zero-order chi connectivity index (χ0) is 22.3. The Bertz CT molecular complexity index is 1070. The van der Waals surface area contributed by atoms with Crippen LogP contribution >= 0.6 is 0 Å². The number of rotatable bonds is 5. The molecule has 0 bridgehead atoms. The summed E-state index contributed by atoms with van der Waals surface area (Å²) in [4.78, 5) is 26.7. The van der Waals surface area contributed by atoms with Crippen LogP contribution in [0, 0.1) is 12.3 Å².